The van der Waals surface area contributed by atoms with E-state index in [0.717, 1.165) is 17.0 Å². The smallest absolute Gasteiger partial charge is 0.240 e. The second kappa shape index (κ2) is 10.2. The Morgan fingerprint density at radius 1 is 1.16 bits per heavy atom. The van der Waals surface area contributed by atoms with Crippen LogP contribution in [0.15, 0.2) is 52.5 Å². The molecule has 0 unspecified atom stereocenters. The van der Waals surface area contributed by atoms with Gasteiger partial charge in [-0.25, -0.2) is 14.4 Å². The largest absolute Gasteiger partial charge is 0.491 e. The van der Waals surface area contributed by atoms with Crippen molar-refractivity contribution in [1.82, 2.24) is 19.9 Å². The van der Waals surface area contributed by atoms with Crippen molar-refractivity contribution in [2.75, 3.05) is 7.11 Å². The lowest BCUT2D eigenvalue weighted by Gasteiger charge is -2.15. The monoisotopic (exact) mass is 442 g/mol. The number of aryl methyl sites for hydroxylation is 2. The molecular weight excluding hydrogens is 419 g/mol. The molecule has 0 aliphatic carbocycles. The molecule has 3 rings (SSSR count). The number of amides is 1. The highest BCUT2D eigenvalue weighted by atomic mass is 32.2. The van der Waals surface area contributed by atoms with E-state index in [9.17, 15) is 14.0 Å². The van der Waals surface area contributed by atoms with Gasteiger partial charge in [-0.05, 0) is 37.6 Å². The molecule has 0 radical (unpaired) electrons. The summed E-state index contributed by atoms with van der Waals surface area (Å²) in [6, 6.07) is 9.27. The maximum absolute atomic E-state index is 13.0. The van der Waals surface area contributed by atoms with Crippen LogP contribution in [-0.2, 0) is 23.6 Å². The lowest BCUT2D eigenvalue weighted by atomic mass is 10.2. The number of rotatable bonds is 8. The molecule has 2 heterocycles. The van der Waals surface area contributed by atoms with Gasteiger partial charge in [0, 0.05) is 35.4 Å². The minimum absolute atomic E-state index is 0.00142. The first kappa shape index (κ1) is 22.5. The summed E-state index contributed by atoms with van der Waals surface area (Å²) in [5.41, 5.74) is 2.90. The molecule has 2 aromatic heterocycles. The molecule has 0 atom stereocenters. The number of pyridine rings is 1. The zero-order chi connectivity index (χ0) is 22.4. The number of hydrogen-bond donors (Lipinski definition) is 1. The summed E-state index contributed by atoms with van der Waals surface area (Å²) in [5.74, 6) is -0.00934. The van der Waals surface area contributed by atoms with Crippen molar-refractivity contribution in [1.29, 1.82) is 0 Å². The Kier molecular flexibility index (Phi) is 7.41. The summed E-state index contributed by atoms with van der Waals surface area (Å²) >= 11 is 1.39. The lowest BCUT2D eigenvalue weighted by Crippen LogP contribution is -2.28. The van der Waals surface area contributed by atoms with Gasteiger partial charge in [0.2, 0.25) is 11.3 Å². The Labute approximate surface area is 183 Å². The molecule has 9 heteroatoms. The number of ether oxygens (including phenoxy) is 1. The van der Waals surface area contributed by atoms with Crippen LogP contribution >= 0.6 is 11.8 Å². The Morgan fingerprint density at radius 2 is 1.84 bits per heavy atom. The number of carbonyl (C=O) groups excluding carboxylic acids is 1. The normalized spacial score (nSPS) is 10.7. The minimum atomic E-state index is -0.328. The number of benzene rings is 1. The summed E-state index contributed by atoms with van der Waals surface area (Å²) in [6.07, 6.45) is 1.53. The highest BCUT2D eigenvalue weighted by Gasteiger charge is 2.12. The van der Waals surface area contributed by atoms with Crippen molar-refractivity contribution in [3.05, 3.63) is 81.3 Å². The highest BCUT2D eigenvalue weighted by Crippen LogP contribution is 2.20. The van der Waals surface area contributed by atoms with Crippen molar-refractivity contribution in [2.45, 2.75) is 37.8 Å². The summed E-state index contributed by atoms with van der Waals surface area (Å²) < 4.78 is 19.8. The number of nitrogens with one attached hydrogen (secondary N) is 1. The van der Waals surface area contributed by atoms with Gasteiger partial charge in [-0.2, -0.15) is 0 Å². The van der Waals surface area contributed by atoms with E-state index in [2.05, 4.69) is 15.3 Å². The molecule has 0 aliphatic rings. The molecule has 3 aromatic rings. The first-order chi connectivity index (χ1) is 14.8. The standard InChI is InChI=1S/C22H23FN4O3S/c1-14-8-15(2)26-22(25-14)31-13-18-9-19(28)20(30-3)11-27(18)12-21(29)24-10-16-4-6-17(23)7-5-16/h4-9,11H,10,12-13H2,1-3H3,(H,24,29). The minimum Gasteiger partial charge on any atom is -0.491 e. The predicted octanol–water partition coefficient (Wildman–Crippen LogP) is 3.01. The van der Waals surface area contributed by atoms with Crippen LogP contribution in [0.25, 0.3) is 0 Å². The number of aromatic nitrogens is 3. The average molecular weight is 443 g/mol. The van der Waals surface area contributed by atoms with Crippen molar-refractivity contribution < 1.29 is 13.9 Å². The number of hydrogen-bond acceptors (Lipinski definition) is 6. The quantitative estimate of drug-likeness (QED) is 0.426. The molecule has 0 saturated heterocycles. The van der Waals surface area contributed by atoms with E-state index in [1.807, 2.05) is 19.9 Å². The Hall–Kier alpha value is -3.20. The Balaban J connectivity index is 1.73. The van der Waals surface area contributed by atoms with E-state index in [1.54, 1.807) is 16.7 Å². The number of carbonyl (C=O) groups is 1. The molecule has 1 amide bonds. The third kappa shape index (κ3) is 6.39. The summed E-state index contributed by atoms with van der Waals surface area (Å²) in [6.45, 7) is 4.07. The van der Waals surface area contributed by atoms with Gasteiger partial charge in [0.05, 0.1) is 13.3 Å². The van der Waals surface area contributed by atoms with Crippen LogP contribution in [0.3, 0.4) is 0 Å². The number of halogens is 1. The fourth-order valence-corrected chi connectivity index (χ4v) is 3.87. The molecule has 31 heavy (non-hydrogen) atoms. The molecular formula is C22H23FN4O3S. The van der Waals surface area contributed by atoms with Gasteiger partial charge < -0.3 is 14.6 Å². The molecule has 0 spiro atoms. The van der Waals surface area contributed by atoms with E-state index < -0.39 is 0 Å². The van der Waals surface area contributed by atoms with Gasteiger partial charge in [-0.15, -0.1) is 0 Å². The Morgan fingerprint density at radius 3 is 2.48 bits per heavy atom. The van der Waals surface area contributed by atoms with Crippen LogP contribution in [0, 0.1) is 19.7 Å². The molecule has 0 saturated carbocycles. The SMILES string of the molecule is COc1cn(CC(=O)NCc2ccc(F)cc2)c(CSc2nc(C)cc(C)n2)cc1=O. The van der Waals surface area contributed by atoms with Gasteiger partial charge in [0.15, 0.2) is 10.9 Å². The summed E-state index contributed by atoms with van der Waals surface area (Å²) in [4.78, 5) is 33.6. The zero-order valence-corrected chi connectivity index (χ0v) is 18.3. The van der Waals surface area contributed by atoms with E-state index in [4.69, 9.17) is 4.74 Å². The zero-order valence-electron chi connectivity index (χ0n) is 17.5. The van der Waals surface area contributed by atoms with Crippen LogP contribution in [0.5, 0.6) is 5.75 Å². The molecule has 1 aromatic carbocycles. The first-order valence-electron chi connectivity index (χ1n) is 9.57. The van der Waals surface area contributed by atoms with Crippen molar-refractivity contribution in [3.8, 4) is 5.75 Å². The molecule has 162 valence electrons. The van der Waals surface area contributed by atoms with Crippen LogP contribution < -0.4 is 15.5 Å². The topological polar surface area (TPSA) is 86.1 Å². The predicted molar refractivity (Wildman–Crippen MR) is 117 cm³/mol. The van der Waals surface area contributed by atoms with E-state index in [1.165, 1.54) is 43.3 Å². The third-order valence-corrected chi connectivity index (χ3v) is 5.31. The van der Waals surface area contributed by atoms with Gasteiger partial charge >= 0.3 is 0 Å². The molecule has 0 aliphatic heterocycles. The number of thioether (sulfide) groups is 1. The summed E-state index contributed by atoms with van der Waals surface area (Å²) in [5, 5.41) is 3.41. The van der Waals surface area contributed by atoms with E-state index >= 15 is 0 Å². The van der Waals surface area contributed by atoms with E-state index in [0.29, 0.717) is 16.6 Å². The number of methoxy groups -OCH3 is 1. The van der Waals surface area contributed by atoms with Crippen molar-refractivity contribution >= 4 is 17.7 Å². The third-order valence-electron chi connectivity index (χ3n) is 4.43. The van der Waals surface area contributed by atoms with Crippen LogP contribution in [0.1, 0.15) is 22.6 Å². The molecule has 0 fully saturated rings. The van der Waals surface area contributed by atoms with Crippen molar-refractivity contribution in [3.63, 3.8) is 0 Å². The van der Waals surface area contributed by atoms with Gasteiger partial charge in [0.25, 0.3) is 0 Å². The van der Waals surface area contributed by atoms with Crippen LogP contribution in [-0.4, -0.2) is 27.6 Å². The van der Waals surface area contributed by atoms with Crippen LogP contribution in [0.4, 0.5) is 4.39 Å². The van der Waals surface area contributed by atoms with Crippen molar-refractivity contribution in [2.24, 2.45) is 0 Å². The summed E-state index contributed by atoms with van der Waals surface area (Å²) in [7, 11) is 1.41. The Bertz CT molecular complexity index is 1110. The maximum Gasteiger partial charge on any atom is 0.240 e. The molecule has 1 N–H and O–H groups in total. The molecule has 0 bridgehead atoms. The average Bonchev–Trinajstić information content (AvgIpc) is 2.72. The van der Waals surface area contributed by atoms with Gasteiger partial charge in [0.1, 0.15) is 12.4 Å². The first-order valence-corrected chi connectivity index (χ1v) is 10.6. The fourth-order valence-electron chi connectivity index (χ4n) is 2.93. The maximum atomic E-state index is 13.0. The lowest BCUT2D eigenvalue weighted by molar-refractivity contribution is -0.121. The van der Waals surface area contributed by atoms with Gasteiger partial charge in [-0.3, -0.25) is 9.59 Å². The second-order valence-corrected chi connectivity index (χ2v) is 7.89. The van der Waals surface area contributed by atoms with Crippen LogP contribution in [0.2, 0.25) is 0 Å². The number of nitrogens with zero attached hydrogens (tertiary/aromatic N) is 3. The molecule has 7 nitrogen and oxygen atoms in total. The highest BCUT2D eigenvalue weighted by molar-refractivity contribution is 7.98. The second-order valence-electron chi connectivity index (χ2n) is 6.95. The van der Waals surface area contributed by atoms with Gasteiger partial charge in [-0.1, -0.05) is 23.9 Å². The van der Waals surface area contributed by atoms with E-state index in [-0.39, 0.29) is 36.0 Å². The fraction of sp³-hybridized carbons (Fsp3) is 0.273.